The zero-order valence-electron chi connectivity index (χ0n) is 21.6. The predicted molar refractivity (Wildman–Crippen MR) is 145 cm³/mol. The van der Waals surface area contributed by atoms with E-state index < -0.39 is 5.60 Å². The van der Waals surface area contributed by atoms with Gasteiger partial charge in [0.1, 0.15) is 17.1 Å². The molecule has 0 radical (unpaired) electrons. The third-order valence-electron chi connectivity index (χ3n) is 6.69. The first-order valence-corrected chi connectivity index (χ1v) is 13.2. The number of hydrogen-bond donors (Lipinski definition) is 1. The van der Waals surface area contributed by atoms with Crippen LogP contribution in [-0.4, -0.2) is 33.4 Å². The van der Waals surface area contributed by atoms with Crippen LogP contribution in [0.1, 0.15) is 50.2 Å². The lowest BCUT2D eigenvalue weighted by Gasteiger charge is -2.40. The summed E-state index contributed by atoms with van der Waals surface area (Å²) < 4.78 is 24.2. The van der Waals surface area contributed by atoms with Crippen LogP contribution in [0.25, 0.3) is 0 Å². The van der Waals surface area contributed by atoms with Gasteiger partial charge in [0.15, 0.2) is 11.5 Å². The molecule has 36 heavy (non-hydrogen) atoms. The molecule has 1 aliphatic rings. The summed E-state index contributed by atoms with van der Waals surface area (Å²) in [4.78, 5) is 0. The highest BCUT2D eigenvalue weighted by atomic mass is 16.5. The second kappa shape index (κ2) is 13.2. The van der Waals surface area contributed by atoms with Crippen molar-refractivity contribution >= 4 is 0 Å². The Morgan fingerprint density at radius 1 is 0.833 bits per heavy atom. The fourth-order valence-electron chi connectivity index (χ4n) is 4.60. The Bertz CT molecular complexity index is 1040. The highest BCUT2D eigenvalue weighted by molar-refractivity contribution is 5.49. The van der Waals surface area contributed by atoms with E-state index in [1.807, 2.05) is 42.5 Å². The van der Waals surface area contributed by atoms with Gasteiger partial charge in [-0.05, 0) is 80.1 Å². The van der Waals surface area contributed by atoms with E-state index in [1.54, 1.807) is 7.11 Å². The van der Waals surface area contributed by atoms with E-state index in [1.165, 1.54) is 12.0 Å². The van der Waals surface area contributed by atoms with Gasteiger partial charge in [-0.3, -0.25) is 0 Å². The molecule has 1 heterocycles. The number of unbranched alkanes of at least 4 members (excludes halogenated alkanes) is 2. The van der Waals surface area contributed by atoms with Gasteiger partial charge in [0.2, 0.25) is 0 Å². The molecule has 0 fully saturated rings. The molecule has 0 spiro atoms. The summed E-state index contributed by atoms with van der Waals surface area (Å²) in [6, 6.07) is 24.5. The third-order valence-corrected chi connectivity index (χ3v) is 6.69. The molecule has 5 heteroatoms. The number of rotatable bonds is 14. The molecule has 0 amide bonds. The van der Waals surface area contributed by atoms with Crippen LogP contribution in [0.2, 0.25) is 0 Å². The maximum atomic E-state index is 6.77. The molecule has 3 aromatic rings. The number of aryl methyl sites for hydroxylation is 1. The maximum absolute atomic E-state index is 6.77. The Hall–Kier alpha value is -3.18. The lowest BCUT2D eigenvalue weighted by Crippen LogP contribution is -2.46. The van der Waals surface area contributed by atoms with Gasteiger partial charge in [0.05, 0.1) is 20.3 Å². The first kappa shape index (κ1) is 25.9. The third kappa shape index (κ3) is 6.73. The van der Waals surface area contributed by atoms with Crippen molar-refractivity contribution < 1.29 is 18.9 Å². The molecule has 0 aromatic heterocycles. The number of benzene rings is 3. The summed E-state index contributed by atoms with van der Waals surface area (Å²) in [5, 5.41) is 3.63. The Labute approximate surface area is 215 Å². The molecule has 1 N–H and O–H groups in total. The highest BCUT2D eigenvalue weighted by Gasteiger charge is 2.39. The molecule has 0 bridgehead atoms. The van der Waals surface area contributed by atoms with Gasteiger partial charge in [-0.15, -0.1) is 0 Å². The topological polar surface area (TPSA) is 49.0 Å². The number of fused-ring (bicyclic) bond motifs is 1. The molecule has 4 rings (SSSR count). The summed E-state index contributed by atoms with van der Waals surface area (Å²) >= 11 is 0. The van der Waals surface area contributed by atoms with E-state index in [-0.39, 0.29) is 0 Å². The average Bonchev–Trinajstić information content (AvgIpc) is 2.93. The fraction of sp³-hybridized carbons (Fsp3) is 0.419. The van der Waals surface area contributed by atoms with E-state index >= 15 is 0 Å². The maximum Gasteiger partial charge on any atom is 0.165 e. The van der Waals surface area contributed by atoms with Crippen LogP contribution in [0.4, 0.5) is 0 Å². The zero-order chi connectivity index (χ0) is 25.1. The normalized spacial score (nSPS) is 16.6. The molecule has 1 aliphatic heterocycles. The molecule has 0 saturated carbocycles. The minimum atomic E-state index is -0.442. The van der Waals surface area contributed by atoms with Gasteiger partial charge in [0, 0.05) is 6.54 Å². The summed E-state index contributed by atoms with van der Waals surface area (Å²) in [5.41, 5.74) is 1.92. The standard InChI is InChI=1S/C31H39NO4/c1-3-4-21-32-24-31(20-19-25-11-10-14-29(33-2)30(25)36-31)26-15-17-28(18-16-26)35-23-9-8-22-34-27-12-6-5-7-13-27/h5-7,10-18,32H,3-4,8-9,19-24H2,1-2H3. The van der Waals surface area contributed by atoms with Crippen molar-refractivity contribution in [3.8, 4) is 23.0 Å². The van der Waals surface area contributed by atoms with Gasteiger partial charge >= 0.3 is 0 Å². The first-order chi connectivity index (χ1) is 17.7. The highest BCUT2D eigenvalue weighted by Crippen LogP contribution is 2.44. The smallest absolute Gasteiger partial charge is 0.165 e. The van der Waals surface area contributed by atoms with Crippen molar-refractivity contribution in [2.45, 2.75) is 51.0 Å². The second-order valence-corrected chi connectivity index (χ2v) is 9.32. The van der Waals surface area contributed by atoms with Gasteiger partial charge in [-0.25, -0.2) is 0 Å². The van der Waals surface area contributed by atoms with E-state index in [9.17, 15) is 0 Å². The molecule has 0 saturated heterocycles. The minimum Gasteiger partial charge on any atom is -0.494 e. The Balaban J connectivity index is 1.36. The molecular formula is C31H39NO4. The van der Waals surface area contributed by atoms with Crippen LogP contribution in [0.5, 0.6) is 23.0 Å². The van der Waals surface area contributed by atoms with Crippen LogP contribution in [-0.2, 0) is 12.0 Å². The number of para-hydroxylation sites is 2. The van der Waals surface area contributed by atoms with Crippen LogP contribution in [0.15, 0.2) is 72.8 Å². The first-order valence-electron chi connectivity index (χ1n) is 13.2. The predicted octanol–water partition coefficient (Wildman–Crippen LogP) is 6.54. The van der Waals surface area contributed by atoms with Crippen LogP contribution >= 0.6 is 0 Å². The van der Waals surface area contributed by atoms with Crippen molar-refractivity contribution in [3.63, 3.8) is 0 Å². The van der Waals surface area contributed by atoms with E-state index in [2.05, 4.69) is 42.6 Å². The Morgan fingerprint density at radius 3 is 2.25 bits per heavy atom. The lowest BCUT2D eigenvalue weighted by atomic mass is 9.84. The SMILES string of the molecule is CCCCNCC1(c2ccc(OCCCCOc3ccccc3)cc2)CCc2cccc(OC)c2O1. The van der Waals surface area contributed by atoms with Gasteiger partial charge < -0.3 is 24.3 Å². The second-order valence-electron chi connectivity index (χ2n) is 9.32. The van der Waals surface area contributed by atoms with Crippen molar-refractivity contribution in [2.24, 2.45) is 0 Å². The van der Waals surface area contributed by atoms with Gasteiger partial charge in [-0.2, -0.15) is 0 Å². The minimum absolute atomic E-state index is 0.442. The van der Waals surface area contributed by atoms with Crippen molar-refractivity contribution in [3.05, 3.63) is 83.9 Å². The largest absolute Gasteiger partial charge is 0.494 e. The average molecular weight is 490 g/mol. The molecular weight excluding hydrogens is 450 g/mol. The van der Waals surface area contributed by atoms with E-state index in [4.69, 9.17) is 18.9 Å². The van der Waals surface area contributed by atoms with Crippen LogP contribution < -0.4 is 24.3 Å². The number of methoxy groups -OCH3 is 1. The van der Waals surface area contributed by atoms with Crippen LogP contribution in [0.3, 0.4) is 0 Å². The van der Waals surface area contributed by atoms with Gasteiger partial charge in [-0.1, -0.05) is 55.8 Å². The molecule has 1 unspecified atom stereocenters. The van der Waals surface area contributed by atoms with Crippen LogP contribution in [0, 0.1) is 0 Å². The molecule has 5 nitrogen and oxygen atoms in total. The van der Waals surface area contributed by atoms with Gasteiger partial charge in [0.25, 0.3) is 0 Å². The number of ether oxygens (including phenoxy) is 4. The molecule has 192 valence electrons. The number of hydrogen-bond acceptors (Lipinski definition) is 5. The Morgan fingerprint density at radius 2 is 1.56 bits per heavy atom. The van der Waals surface area contributed by atoms with Crippen molar-refractivity contribution in [1.29, 1.82) is 0 Å². The molecule has 3 aromatic carbocycles. The van der Waals surface area contributed by atoms with Crippen molar-refractivity contribution in [2.75, 3.05) is 33.4 Å². The van der Waals surface area contributed by atoms with E-state index in [0.29, 0.717) is 13.2 Å². The zero-order valence-corrected chi connectivity index (χ0v) is 21.6. The summed E-state index contributed by atoms with van der Waals surface area (Å²) in [5.74, 6) is 3.45. The summed E-state index contributed by atoms with van der Waals surface area (Å²) in [6.45, 7) is 5.32. The van der Waals surface area contributed by atoms with E-state index in [0.717, 1.165) is 73.8 Å². The summed E-state index contributed by atoms with van der Waals surface area (Å²) in [7, 11) is 1.70. The fourth-order valence-corrected chi connectivity index (χ4v) is 4.60. The van der Waals surface area contributed by atoms with Crippen molar-refractivity contribution in [1.82, 2.24) is 5.32 Å². The monoisotopic (exact) mass is 489 g/mol. The lowest BCUT2D eigenvalue weighted by molar-refractivity contribution is 0.0395. The quantitative estimate of drug-likeness (QED) is 0.261. The molecule has 0 aliphatic carbocycles. The Kier molecular flexibility index (Phi) is 9.51. The number of nitrogens with one attached hydrogen (secondary N) is 1. The molecule has 1 atom stereocenters. The summed E-state index contributed by atoms with van der Waals surface area (Å²) in [6.07, 6.45) is 6.08.